The summed E-state index contributed by atoms with van der Waals surface area (Å²) < 4.78 is 4.73. The lowest BCUT2D eigenvalue weighted by molar-refractivity contribution is -0.140. The van der Waals surface area contributed by atoms with Gasteiger partial charge in [-0.05, 0) is 69.6 Å². The fourth-order valence-electron chi connectivity index (χ4n) is 4.76. The molecule has 2 unspecified atom stereocenters. The number of esters is 1. The smallest absolute Gasteiger partial charge is 0.305 e. The van der Waals surface area contributed by atoms with Crippen LogP contribution in [0.3, 0.4) is 0 Å². The Morgan fingerprint density at radius 1 is 1.11 bits per heavy atom. The van der Waals surface area contributed by atoms with Crippen molar-refractivity contribution in [3.05, 3.63) is 35.9 Å². The number of piperidine rings is 1. The largest absolute Gasteiger partial charge is 0.469 e. The van der Waals surface area contributed by atoms with Crippen molar-refractivity contribution in [2.45, 2.75) is 69.9 Å². The van der Waals surface area contributed by atoms with E-state index < -0.39 is 0 Å². The Labute approximate surface area is 164 Å². The highest BCUT2D eigenvalue weighted by Crippen LogP contribution is 2.29. The number of carbonyl (C=O) groups excluding carboxylic acids is 1. The summed E-state index contributed by atoms with van der Waals surface area (Å²) in [5.74, 6) is 0.688. The number of hydrogen-bond donors (Lipinski definition) is 1. The highest BCUT2D eigenvalue weighted by Gasteiger charge is 2.28. The molecule has 1 N–H and O–H groups in total. The standard InChI is InChI=1S/C23H36N2O2/c1-27-23(26)12-7-15-25-16-13-21(14-17-25)24-22-11-6-5-10-20(22)18-19-8-3-2-4-9-19/h2-4,8-9,20-22,24H,5-7,10-18H2,1H3. The van der Waals surface area contributed by atoms with Crippen molar-refractivity contribution in [2.75, 3.05) is 26.7 Å². The van der Waals surface area contributed by atoms with Crippen molar-refractivity contribution >= 4 is 5.97 Å². The Balaban J connectivity index is 1.41. The topological polar surface area (TPSA) is 41.6 Å². The van der Waals surface area contributed by atoms with E-state index in [2.05, 4.69) is 40.5 Å². The Kier molecular flexibility index (Phi) is 8.15. The van der Waals surface area contributed by atoms with Gasteiger partial charge in [0.05, 0.1) is 7.11 Å². The molecular formula is C23H36N2O2. The number of benzene rings is 1. The van der Waals surface area contributed by atoms with Crippen LogP contribution in [0.4, 0.5) is 0 Å². The summed E-state index contributed by atoms with van der Waals surface area (Å²) in [6.07, 6.45) is 10.6. The molecule has 150 valence electrons. The van der Waals surface area contributed by atoms with Gasteiger partial charge in [-0.15, -0.1) is 0 Å². The molecule has 1 saturated heterocycles. The van der Waals surface area contributed by atoms with E-state index in [0.29, 0.717) is 18.5 Å². The van der Waals surface area contributed by atoms with Crippen molar-refractivity contribution in [3.63, 3.8) is 0 Å². The summed E-state index contributed by atoms with van der Waals surface area (Å²) in [6.45, 7) is 3.31. The predicted octanol–water partition coefficient (Wildman–Crippen LogP) is 3.80. The number of methoxy groups -OCH3 is 1. The van der Waals surface area contributed by atoms with Crippen molar-refractivity contribution < 1.29 is 9.53 Å². The van der Waals surface area contributed by atoms with Gasteiger partial charge in [0.1, 0.15) is 0 Å². The van der Waals surface area contributed by atoms with Gasteiger partial charge in [-0.3, -0.25) is 4.79 Å². The zero-order valence-electron chi connectivity index (χ0n) is 16.9. The van der Waals surface area contributed by atoms with Crippen LogP contribution in [0.1, 0.15) is 56.9 Å². The Bertz CT molecular complexity index is 555. The third kappa shape index (κ3) is 6.62. The first kappa shape index (κ1) is 20.3. The molecule has 1 aromatic carbocycles. The molecule has 4 nitrogen and oxygen atoms in total. The van der Waals surface area contributed by atoms with Crippen LogP contribution in [0.5, 0.6) is 0 Å². The van der Waals surface area contributed by atoms with E-state index in [9.17, 15) is 4.79 Å². The molecule has 1 aliphatic carbocycles. The van der Waals surface area contributed by atoms with Crippen molar-refractivity contribution in [2.24, 2.45) is 5.92 Å². The number of nitrogens with zero attached hydrogens (tertiary/aromatic N) is 1. The molecule has 1 aliphatic heterocycles. The van der Waals surface area contributed by atoms with Gasteiger partial charge in [-0.25, -0.2) is 0 Å². The molecule has 1 aromatic rings. The second-order valence-corrected chi connectivity index (χ2v) is 8.30. The molecule has 2 fully saturated rings. The number of nitrogens with one attached hydrogen (secondary N) is 1. The Hall–Kier alpha value is -1.39. The molecule has 27 heavy (non-hydrogen) atoms. The fraction of sp³-hybridized carbons (Fsp3) is 0.696. The molecule has 3 rings (SSSR count). The van der Waals surface area contributed by atoms with Crippen molar-refractivity contribution in [1.82, 2.24) is 10.2 Å². The van der Waals surface area contributed by atoms with Gasteiger partial charge in [0, 0.05) is 18.5 Å². The average Bonchev–Trinajstić information content (AvgIpc) is 2.71. The summed E-state index contributed by atoms with van der Waals surface area (Å²) >= 11 is 0. The molecule has 1 heterocycles. The van der Waals surface area contributed by atoms with Gasteiger partial charge in [-0.2, -0.15) is 0 Å². The van der Waals surface area contributed by atoms with E-state index in [0.717, 1.165) is 32.0 Å². The lowest BCUT2D eigenvalue weighted by atomic mass is 9.80. The zero-order valence-corrected chi connectivity index (χ0v) is 16.9. The van der Waals surface area contributed by atoms with Crippen molar-refractivity contribution in [1.29, 1.82) is 0 Å². The van der Waals surface area contributed by atoms with Crippen LogP contribution in [0, 0.1) is 5.92 Å². The molecule has 0 radical (unpaired) electrons. The lowest BCUT2D eigenvalue weighted by Crippen LogP contribution is -2.49. The maximum atomic E-state index is 11.2. The molecular weight excluding hydrogens is 336 g/mol. The molecule has 4 heteroatoms. The number of likely N-dealkylation sites (tertiary alicyclic amines) is 1. The van der Waals surface area contributed by atoms with Crippen LogP contribution in [-0.4, -0.2) is 49.7 Å². The molecule has 0 amide bonds. The highest BCUT2D eigenvalue weighted by atomic mass is 16.5. The molecule has 0 bridgehead atoms. The van der Waals surface area contributed by atoms with Crippen LogP contribution in [0.15, 0.2) is 30.3 Å². The Morgan fingerprint density at radius 2 is 1.85 bits per heavy atom. The monoisotopic (exact) mass is 372 g/mol. The lowest BCUT2D eigenvalue weighted by Gasteiger charge is -2.39. The molecule has 0 aromatic heterocycles. The second-order valence-electron chi connectivity index (χ2n) is 8.30. The molecule has 2 aliphatic rings. The van der Waals surface area contributed by atoms with Gasteiger partial charge < -0.3 is 15.0 Å². The van der Waals surface area contributed by atoms with Gasteiger partial charge in [0.2, 0.25) is 0 Å². The average molecular weight is 373 g/mol. The van der Waals surface area contributed by atoms with E-state index >= 15 is 0 Å². The van der Waals surface area contributed by atoms with Crippen LogP contribution >= 0.6 is 0 Å². The van der Waals surface area contributed by atoms with Gasteiger partial charge in [0.15, 0.2) is 0 Å². The summed E-state index contributed by atoms with van der Waals surface area (Å²) in [4.78, 5) is 13.7. The van der Waals surface area contributed by atoms with Gasteiger partial charge in [-0.1, -0.05) is 43.2 Å². The van der Waals surface area contributed by atoms with Gasteiger partial charge in [0.25, 0.3) is 0 Å². The first-order chi connectivity index (χ1) is 13.2. The minimum atomic E-state index is -0.0895. The van der Waals surface area contributed by atoms with E-state index in [-0.39, 0.29) is 5.97 Å². The van der Waals surface area contributed by atoms with E-state index in [4.69, 9.17) is 4.74 Å². The Morgan fingerprint density at radius 3 is 2.59 bits per heavy atom. The molecule has 2 atom stereocenters. The third-order valence-corrected chi connectivity index (χ3v) is 6.37. The van der Waals surface area contributed by atoms with E-state index in [1.807, 2.05) is 0 Å². The van der Waals surface area contributed by atoms with Gasteiger partial charge >= 0.3 is 5.97 Å². The van der Waals surface area contributed by atoms with Crippen LogP contribution in [-0.2, 0) is 16.0 Å². The quantitative estimate of drug-likeness (QED) is 0.705. The minimum absolute atomic E-state index is 0.0895. The number of hydrogen-bond acceptors (Lipinski definition) is 4. The normalized spacial score (nSPS) is 24.6. The number of carbonyl (C=O) groups is 1. The fourth-order valence-corrected chi connectivity index (χ4v) is 4.76. The van der Waals surface area contributed by atoms with Crippen molar-refractivity contribution in [3.8, 4) is 0 Å². The number of ether oxygens (including phenoxy) is 1. The molecule has 0 spiro atoms. The van der Waals surface area contributed by atoms with Crippen LogP contribution in [0.2, 0.25) is 0 Å². The second kappa shape index (κ2) is 10.8. The number of rotatable bonds is 8. The maximum Gasteiger partial charge on any atom is 0.305 e. The third-order valence-electron chi connectivity index (χ3n) is 6.37. The summed E-state index contributed by atoms with van der Waals surface area (Å²) in [5.41, 5.74) is 1.48. The minimum Gasteiger partial charge on any atom is -0.469 e. The maximum absolute atomic E-state index is 11.2. The summed E-state index contributed by atoms with van der Waals surface area (Å²) in [6, 6.07) is 12.3. The predicted molar refractivity (Wildman–Crippen MR) is 110 cm³/mol. The van der Waals surface area contributed by atoms with Crippen LogP contribution < -0.4 is 5.32 Å². The van der Waals surface area contributed by atoms with E-state index in [1.54, 1.807) is 0 Å². The first-order valence-corrected chi connectivity index (χ1v) is 10.8. The SMILES string of the molecule is COC(=O)CCCN1CCC(NC2CCCCC2Cc2ccccc2)CC1. The summed E-state index contributed by atoms with van der Waals surface area (Å²) in [5, 5.41) is 4.03. The first-order valence-electron chi connectivity index (χ1n) is 10.8. The van der Waals surface area contributed by atoms with E-state index in [1.165, 1.54) is 57.6 Å². The highest BCUT2D eigenvalue weighted by molar-refractivity contribution is 5.69. The summed E-state index contributed by atoms with van der Waals surface area (Å²) in [7, 11) is 1.47. The zero-order chi connectivity index (χ0) is 18.9. The molecule has 1 saturated carbocycles. The van der Waals surface area contributed by atoms with Crippen LogP contribution in [0.25, 0.3) is 0 Å².